The average molecular weight is 342 g/mol. The number of carbonyl (C=O) groups is 1. The van der Waals surface area contributed by atoms with Crippen LogP contribution in [0, 0.1) is 0 Å². The Bertz CT molecular complexity index is 778. The second-order valence-electron chi connectivity index (χ2n) is 6.46. The van der Waals surface area contributed by atoms with Crippen LogP contribution in [0.4, 0.5) is 5.82 Å². The van der Waals surface area contributed by atoms with Crippen LogP contribution in [-0.4, -0.2) is 46.0 Å². The van der Waals surface area contributed by atoms with Gasteiger partial charge in [-0.25, -0.2) is 4.68 Å². The van der Waals surface area contributed by atoms with E-state index in [0.29, 0.717) is 11.5 Å². The Morgan fingerprint density at radius 1 is 1.16 bits per heavy atom. The number of nitrogens with one attached hydrogen (secondary N) is 1. The fourth-order valence-electron chi connectivity index (χ4n) is 3.05. The molecule has 3 rings (SSSR count). The normalized spacial score (nSPS) is 20.1. The highest BCUT2D eigenvalue weighted by Gasteiger charge is 2.25. The van der Waals surface area contributed by atoms with Crippen molar-refractivity contribution in [2.45, 2.75) is 37.8 Å². The van der Waals surface area contributed by atoms with Crippen molar-refractivity contribution in [2.24, 2.45) is 0 Å². The molecule has 2 aromatic heterocycles. The van der Waals surface area contributed by atoms with Crippen molar-refractivity contribution in [3.05, 3.63) is 46.5 Å². The molecule has 2 aromatic rings. The maximum Gasteiger partial charge on any atom is 0.272 e. The molecule has 8 nitrogen and oxygen atoms in total. The molecule has 1 aliphatic rings. The molecule has 0 unspecified atom stereocenters. The molecule has 0 aromatic carbocycles. The zero-order valence-electron chi connectivity index (χ0n) is 14.4. The molecule has 0 atom stereocenters. The van der Waals surface area contributed by atoms with E-state index in [9.17, 15) is 9.59 Å². The Labute approximate surface area is 145 Å². The predicted molar refractivity (Wildman–Crippen MR) is 93.6 cm³/mol. The third-order valence-corrected chi connectivity index (χ3v) is 4.46. The molecular weight excluding hydrogens is 320 g/mol. The molecule has 0 bridgehead atoms. The highest BCUT2D eigenvalue weighted by atomic mass is 16.2. The molecule has 1 aliphatic carbocycles. The average Bonchev–Trinajstić information content (AvgIpc) is 2.63. The van der Waals surface area contributed by atoms with E-state index in [2.05, 4.69) is 20.6 Å². The third-order valence-electron chi connectivity index (χ3n) is 4.46. The van der Waals surface area contributed by atoms with Gasteiger partial charge in [-0.15, -0.1) is 10.2 Å². The molecule has 0 saturated heterocycles. The topological polar surface area (TPSA) is 93.0 Å². The summed E-state index contributed by atoms with van der Waals surface area (Å²) in [5, 5.41) is 15.2. The van der Waals surface area contributed by atoms with Crippen molar-refractivity contribution < 1.29 is 4.79 Å². The fourth-order valence-corrected chi connectivity index (χ4v) is 3.05. The Morgan fingerprint density at radius 2 is 1.92 bits per heavy atom. The van der Waals surface area contributed by atoms with E-state index < -0.39 is 0 Å². The summed E-state index contributed by atoms with van der Waals surface area (Å²) in [5.41, 5.74) is 0.236. The number of hydrogen-bond donors (Lipinski definition) is 1. The van der Waals surface area contributed by atoms with Gasteiger partial charge in [0, 0.05) is 32.4 Å². The van der Waals surface area contributed by atoms with Crippen molar-refractivity contribution in [1.29, 1.82) is 0 Å². The highest BCUT2D eigenvalue weighted by Crippen LogP contribution is 2.26. The molecule has 0 spiro atoms. The van der Waals surface area contributed by atoms with Gasteiger partial charge in [0.05, 0.1) is 6.04 Å². The van der Waals surface area contributed by atoms with Crippen LogP contribution in [0.1, 0.15) is 42.2 Å². The number of carbonyl (C=O) groups excluding carboxylic acids is 1. The van der Waals surface area contributed by atoms with E-state index >= 15 is 0 Å². The van der Waals surface area contributed by atoms with Crippen LogP contribution in [-0.2, 0) is 0 Å². The molecular formula is C17H22N6O2. The van der Waals surface area contributed by atoms with Gasteiger partial charge in [0.2, 0.25) is 0 Å². The van der Waals surface area contributed by atoms with Crippen molar-refractivity contribution >= 4 is 11.7 Å². The van der Waals surface area contributed by atoms with Gasteiger partial charge in [-0.2, -0.15) is 5.10 Å². The van der Waals surface area contributed by atoms with Crippen LogP contribution in [0.5, 0.6) is 0 Å². The SMILES string of the molecule is CN(C)c1ccc(C(=O)NC2CCC(n3ncccc3=O)CC2)nn1. The van der Waals surface area contributed by atoms with Gasteiger partial charge in [-0.3, -0.25) is 9.59 Å². The fraction of sp³-hybridized carbons (Fsp3) is 0.471. The van der Waals surface area contributed by atoms with Crippen LogP contribution in [0.15, 0.2) is 35.3 Å². The molecule has 2 heterocycles. The lowest BCUT2D eigenvalue weighted by molar-refractivity contribution is 0.0915. The van der Waals surface area contributed by atoms with Crippen molar-refractivity contribution in [3.63, 3.8) is 0 Å². The number of rotatable bonds is 4. The van der Waals surface area contributed by atoms with Crippen molar-refractivity contribution in [2.75, 3.05) is 19.0 Å². The lowest BCUT2D eigenvalue weighted by Crippen LogP contribution is -2.39. The van der Waals surface area contributed by atoms with E-state index in [1.165, 1.54) is 6.07 Å². The molecule has 25 heavy (non-hydrogen) atoms. The first kappa shape index (κ1) is 17.1. The summed E-state index contributed by atoms with van der Waals surface area (Å²) >= 11 is 0. The van der Waals surface area contributed by atoms with Gasteiger partial charge in [-0.1, -0.05) is 0 Å². The first-order valence-corrected chi connectivity index (χ1v) is 8.40. The molecule has 0 aliphatic heterocycles. The van der Waals surface area contributed by atoms with E-state index in [1.807, 2.05) is 19.0 Å². The number of amides is 1. The first-order chi connectivity index (χ1) is 12.0. The molecule has 1 N–H and O–H groups in total. The molecule has 1 fully saturated rings. The predicted octanol–water partition coefficient (Wildman–Crippen LogP) is 1.01. The summed E-state index contributed by atoms with van der Waals surface area (Å²) < 4.78 is 1.55. The van der Waals surface area contributed by atoms with Crippen LogP contribution in [0.3, 0.4) is 0 Å². The number of nitrogens with zero attached hydrogens (tertiary/aromatic N) is 5. The van der Waals surface area contributed by atoms with Gasteiger partial charge >= 0.3 is 0 Å². The van der Waals surface area contributed by atoms with Crippen LogP contribution < -0.4 is 15.8 Å². The summed E-state index contributed by atoms with van der Waals surface area (Å²) in [7, 11) is 3.74. The van der Waals surface area contributed by atoms with E-state index in [0.717, 1.165) is 25.7 Å². The standard InChI is InChI=1S/C17H22N6O2/c1-22(2)15-10-9-14(20-21-15)17(25)19-12-5-7-13(8-6-12)23-16(24)4-3-11-18-23/h3-4,9-13H,5-8H2,1-2H3,(H,19,25). The monoisotopic (exact) mass is 342 g/mol. The molecule has 8 heteroatoms. The van der Waals surface area contributed by atoms with Gasteiger partial charge in [0.15, 0.2) is 11.5 Å². The second-order valence-corrected chi connectivity index (χ2v) is 6.46. The van der Waals surface area contributed by atoms with Gasteiger partial charge in [0.25, 0.3) is 11.5 Å². The van der Waals surface area contributed by atoms with E-state index in [-0.39, 0.29) is 23.6 Å². The summed E-state index contributed by atoms with van der Waals surface area (Å²) in [4.78, 5) is 26.0. The summed E-state index contributed by atoms with van der Waals surface area (Å²) in [5.74, 6) is 0.495. The highest BCUT2D eigenvalue weighted by molar-refractivity contribution is 5.92. The summed E-state index contributed by atoms with van der Waals surface area (Å²) in [6, 6.07) is 6.80. The zero-order chi connectivity index (χ0) is 17.8. The largest absolute Gasteiger partial charge is 0.361 e. The van der Waals surface area contributed by atoms with E-state index in [4.69, 9.17) is 0 Å². The van der Waals surface area contributed by atoms with Gasteiger partial charge < -0.3 is 10.2 Å². The lowest BCUT2D eigenvalue weighted by Gasteiger charge is -2.29. The van der Waals surface area contributed by atoms with Crippen molar-refractivity contribution in [3.8, 4) is 0 Å². The Morgan fingerprint density at radius 3 is 2.52 bits per heavy atom. The minimum absolute atomic E-state index is 0.0776. The van der Waals surface area contributed by atoms with Crippen LogP contribution in [0.25, 0.3) is 0 Å². The Balaban J connectivity index is 1.56. The summed E-state index contributed by atoms with van der Waals surface area (Å²) in [6.07, 6.45) is 4.87. The molecule has 0 radical (unpaired) electrons. The maximum absolute atomic E-state index is 12.3. The minimum atomic E-state index is -0.212. The minimum Gasteiger partial charge on any atom is -0.361 e. The van der Waals surface area contributed by atoms with Crippen LogP contribution in [0.2, 0.25) is 0 Å². The number of anilines is 1. The van der Waals surface area contributed by atoms with Crippen LogP contribution >= 0.6 is 0 Å². The first-order valence-electron chi connectivity index (χ1n) is 8.40. The van der Waals surface area contributed by atoms with Crippen molar-refractivity contribution in [1.82, 2.24) is 25.3 Å². The second kappa shape index (κ2) is 7.42. The van der Waals surface area contributed by atoms with E-state index in [1.54, 1.807) is 29.1 Å². The number of hydrogen-bond acceptors (Lipinski definition) is 6. The zero-order valence-corrected chi connectivity index (χ0v) is 14.4. The molecule has 1 amide bonds. The maximum atomic E-state index is 12.3. The summed E-state index contributed by atoms with van der Waals surface area (Å²) in [6.45, 7) is 0. The van der Waals surface area contributed by atoms with Gasteiger partial charge in [0.1, 0.15) is 0 Å². The third kappa shape index (κ3) is 4.01. The Kier molecular flexibility index (Phi) is 5.06. The Hall–Kier alpha value is -2.77. The quantitative estimate of drug-likeness (QED) is 0.891. The molecule has 1 saturated carbocycles. The molecule has 132 valence electrons. The lowest BCUT2D eigenvalue weighted by atomic mass is 9.91. The van der Waals surface area contributed by atoms with Gasteiger partial charge in [-0.05, 0) is 43.9 Å². The number of aromatic nitrogens is 4. The smallest absolute Gasteiger partial charge is 0.272 e.